The molecule has 2 N–H and O–H groups in total. The molecular formula is C14H13ClFNS. The summed E-state index contributed by atoms with van der Waals surface area (Å²) >= 11 is 7.53. The summed E-state index contributed by atoms with van der Waals surface area (Å²) in [4.78, 5) is 1.70. The van der Waals surface area contributed by atoms with Crippen LogP contribution in [-0.4, -0.2) is 0 Å². The third-order valence-electron chi connectivity index (χ3n) is 2.52. The molecule has 0 spiro atoms. The lowest BCUT2D eigenvalue weighted by molar-refractivity contribution is 0.585. The molecular weight excluding hydrogens is 269 g/mol. The van der Waals surface area contributed by atoms with Crippen LogP contribution in [0.5, 0.6) is 0 Å². The summed E-state index contributed by atoms with van der Waals surface area (Å²) in [6.07, 6.45) is 0. The highest BCUT2D eigenvalue weighted by Gasteiger charge is 2.14. The minimum Gasteiger partial charge on any atom is -0.324 e. The van der Waals surface area contributed by atoms with Crippen LogP contribution in [0.25, 0.3) is 0 Å². The quantitative estimate of drug-likeness (QED) is 0.886. The standard InChI is InChI=1S/C14H13ClFNS/c1-9(17)14-11(16)6-4-8-13(14)18-12-7-3-2-5-10(12)15/h2-9H,17H2,1H3/t9-/m1/s1. The average molecular weight is 282 g/mol. The van der Waals surface area contributed by atoms with Crippen LogP contribution in [0.1, 0.15) is 18.5 Å². The molecule has 0 aliphatic carbocycles. The van der Waals surface area contributed by atoms with E-state index in [0.29, 0.717) is 10.6 Å². The summed E-state index contributed by atoms with van der Waals surface area (Å²) in [6, 6.07) is 12.1. The summed E-state index contributed by atoms with van der Waals surface area (Å²) in [6.45, 7) is 1.77. The Labute approximate surface area is 115 Å². The molecule has 0 aliphatic rings. The summed E-state index contributed by atoms with van der Waals surface area (Å²) in [5.41, 5.74) is 6.35. The number of halogens is 2. The van der Waals surface area contributed by atoms with Crippen molar-refractivity contribution in [1.29, 1.82) is 0 Å². The molecule has 0 aromatic heterocycles. The van der Waals surface area contributed by atoms with E-state index in [1.54, 1.807) is 13.0 Å². The van der Waals surface area contributed by atoms with Gasteiger partial charge < -0.3 is 5.73 Å². The molecule has 0 amide bonds. The normalized spacial score (nSPS) is 12.4. The fraction of sp³-hybridized carbons (Fsp3) is 0.143. The largest absolute Gasteiger partial charge is 0.324 e. The van der Waals surface area contributed by atoms with Gasteiger partial charge in [-0.1, -0.05) is 41.6 Å². The summed E-state index contributed by atoms with van der Waals surface area (Å²) < 4.78 is 13.8. The second-order valence-corrected chi connectivity index (χ2v) is 5.46. The van der Waals surface area contributed by atoms with Crippen molar-refractivity contribution in [2.24, 2.45) is 5.73 Å². The zero-order valence-electron chi connectivity index (χ0n) is 9.86. The number of benzene rings is 2. The molecule has 0 heterocycles. The van der Waals surface area contributed by atoms with E-state index in [1.165, 1.54) is 17.8 Å². The van der Waals surface area contributed by atoms with Gasteiger partial charge in [0.2, 0.25) is 0 Å². The van der Waals surface area contributed by atoms with Gasteiger partial charge in [0.15, 0.2) is 0 Å². The first-order valence-electron chi connectivity index (χ1n) is 5.56. The van der Waals surface area contributed by atoms with Crippen LogP contribution in [0.3, 0.4) is 0 Å². The Kier molecular flexibility index (Phi) is 4.27. The van der Waals surface area contributed by atoms with Crippen molar-refractivity contribution in [3.63, 3.8) is 0 Å². The van der Waals surface area contributed by atoms with E-state index < -0.39 is 0 Å². The second-order valence-electron chi connectivity index (χ2n) is 3.97. The molecule has 1 nitrogen and oxygen atoms in total. The lowest BCUT2D eigenvalue weighted by Gasteiger charge is -2.13. The molecule has 1 atom stereocenters. The van der Waals surface area contributed by atoms with E-state index in [9.17, 15) is 4.39 Å². The molecule has 0 aliphatic heterocycles. The predicted molar refractivity (Wildman–Crippen MR) is 74.6 cm³/mol. The molecule has 2 aromatic carbocycles. The molecule has 0 saturated carbocycles. The first kappa shape index (κ1) is 13.4. The lowest BCUT2D eigenvalue weighted by atomic mass is 10.1. The monoisotopic (exact) mass is 281 g/mol. The fourth-order valence-electron chi connectivity index (χ4n) is 1.69. The number of hydrogen-bond acceptors (Lipinski definition) is 2. The Bertz CT molecular complexity index is 557. The van der Waals surface area contributed by atoms with Crippen LogP contribution in [0.2, 0.25) is 5.02 Å². The molecule has 2 aromatic rings. The van der Waals surface area contributed by atoms with Crippen molar-refractivity contribution in [2.75, 3.05) is 0 Å². The molecule has 0 fully saturated rings. The van der Waals surface area contributed by atoms with Gasteiger partial charge in [-0.15, -0.1) is 0 Å². The average Bonchev–Trinajstić information content (AvgIpc) is 2.31. The molecule has 94 valence electrons. The minimum atomic E-state index is -0.351. The Balaban J connectivity index is 2.41. The number of nitrogens with two attached hydrogens (primary N) is 1. The van der Waals surface area contributed by atoms with E-state index in [-0.39, 0.29) is 11.9 Å². The van der Waals surface area contributed by atoms with Crippen LogP contribution in [0.15, 0.2) is 52.3 Å². The zero-order valence-corrected chi connectivity index (χ0v) is 11.4. The van der Waals surface area contributed by atoms with E-state index in [2.05, 4.69) is 0 Å². The van der Waals surface area contributed by atoms with Crippen LogP contribution < -0.4 is 5.73 Å². The molecule has 18 heavy (non-hydrogen) atoms. The first-order valence-corrected chi connectivity index (χ1v) is 6.75. The van der Waals surface area contributed by atoms with Gasteiger partial charge in [0.25, 0.3) is 0 Å². The van der Waals surface area contributed by atoms with Crippen LogP contribution in [0.4, 0.5) is 4.39 Å². The topological polar surface area (TPSA) is 26.0 Å². The third-order valence-corrected chi connectivity index (χ3v) is 4.12. The maximum Gasteiger partial charge on any atom is 0.129 e. The molecule has 2 rings (SSSR count). The van der Waals surface area contributed by atoms with E-state index in [0.717, 1.165) is 9.79 Å². The van der Waals surface area contributed by atoms with Crippen LogP contribution >= 0.6 is 23.4 Å². The Morgan fingerprint density at radius 1 is 1.11 bits per heavy atom. The van der Waals surface area contributed by atoms with Gasteiger partial charge >= 0.3 is 0 Å². The fourth-order valence-corrected chi connectivity index (χ4v) is 3.03. The molecule has 0 radical (unpaired) electrons. The van der Waals surface area contributed by atoms with Crippen molar-refractivity contribution in [3.05, 3.63) is 58.9 Å². The second kappa shape index (κ2) is 5.74. The van der Waals surface area contributed by atoms with E-state index in [1.807, 2.05) is 30.3 Å². The van der Waals surface area contributed by atoms with Gasteiger partial charge in [0, 0.05) is 21.4 Å². The Hall–Kier alpha value is -1.03. The highest BCUT2D eigenvalue weighted by Crippen LogP contribution is 2.37. The molecule has 4 heteroatoms. The Morgan fingerprint density at radius 3 is 2.44 bits per heavy atom. The van der Waals surface area contributed by atoms with Crippen LogP contribution in [-0.2, 0) is 0 Å². The number of hydrogen-bond donors (Lipinski definition) is 1. The van der Waals surface area contributed by atoms with E-state index >= 15 is 0 Å². The van der Waals surface area contributed by atoms with Gasteiger partial charge in [-0.2, -0.15) is 0 Å². The SMILES string of the molecule is C[C@@H](N)c1c(F)cccc1Sc1ccccc1Cl. The van der Waals surface area contributed by atoms with Gasteiger partial charge in [-0.05, 0) is 31.2 Å². The highest BCUT2D eigenvalue weighted by atomic mass is 35.5. The van der Waals surface area contributed by atoms with Crippen molar-refractivity contribution in [2.45, 2.75) is 22.8 Å². The van der Waals surface area contributed by atoms with Crippen molar-refractivity contribution in [3.8, 4) is 0 Å². The predicted octanol–water partition coefficient (Wildman–Crippen LogP) is 4.65. The van der Waals surface area contributed by atoms with Crippen molar-refractivity contribution >= 4 is 23.4 Å². The van der Waals surface area contributed by atoms with E-state index in [4.69, 9.17) is 17.3 Å². The van der Waals surface area contributed by atoms with Crippen LogP contribution in [0, 0.1) is 5.82 Å². The van der Waals surface area contributed by atoms with Gasteiger partial charge in [0.05, 0.1) is 5.02 Å². The highest BCUT2D eigenvalue weighted by molar-refractivity contribution is 7.99. The molecule has 0 saturated heterocycles. The molecule has 0 bridgehead atoms. The maximum absolute atomic E-state index is 13.8. The number of rotatable bonds is 3. The smallest absolute Gasteiger partial charge is 0.129 e. The zero-order chi connectivity index (χ0) is 13.1. The maximum atomic E-state index is 13.8. The third kappa shape index (κ3) is 2.86. The minimum absolute atomic E-state index is 0.276. The van der Waals surface area contributed by atoms with Gasteiger partial charge in [-0.25, -0.2) is 4.39 Å². The molecule has 0 unspecified atom stereocenters. The van der Waals surface area contributed by atoms with Crippen molar-refractivity contribution < 1.29 is 4.39 Å². The summed E-state index contributed by atoms with van der Waals surface area (Å²) in [5.74, 6) is -0.276. The lowest BCUT2D eigenvalue weighted by Crippen LogP contribution is -2.08. The van der Waals surface area contributed by atoms with Gasteiger partial charge in [-0.3, -0.25) is 0 Å². The summed E-state index contributed by atoms with van der Waals surface area (Å²) in [7, 11) is 0. The Morgan fingerprint density at radius 2 is 1.78 bits per heavy atom. The van der Waals surface area contributed by atoms with Gasteiger partial charge in [0.1, 0.15) is 5.82 Å². The summed E-state index contributed by atoms with van der Waals surface area (Å²) in [5, 5.41) is 0.655. The first-order chi connectivity index (χ1) is 8.59. The van der Waals surface area contributed by atoms with Crippen molar-refractivity contribution in [1.82, 2.24) is 0 Å².